The molecule has 0 saturated carbocycles. The number of hydrogen-bond donors (Lipinski definition) is 1. The molecule has 0 spiro atoms. The van der Waals surface area contributed by atoms with Gasteiger partial charge < -0.3 is 19.7 Å². The van der Waals surface area contributed by atoms with E-state index in [1.807, 2.05) is 48.7 Å². The number of amides is 1. The summed E-state index contributed by atoms with van der Waals surface area (Å²) in [6.45, 7) is 8.71. The van der Waals surface area contributed by atoms with Crippen LogP contribution in [0.5, 0.6) is 5.75 Å². The van der Waals surface area contributed by atoms with Crippen LogP contribution in [-0.2, 0) is 9.53 Å². The molecule has 2 heterocycles. The first-order valence-corrected chi connectivity index (χ1v) is 11.8. The minimum atomic E-state index is -0.403. The molecule has 1 N–H and O–H groups in total. The summed E-state index contributed by atoms with van der Waals surface area (Å²) in [6, 6.07) is 13.8. The Morgan fingerprint density at radius 2 is 1.91 bits per heavy atom. The molecule has 1 aliphatic heterocycles. The second-order valence-corrected chi connectivity index (χ2v) is 9.26. The van der Waals surface area contributed by atoms with Gasteiger partial charge in [0.05, 0.1) is 36.9 Å². The molecule has 0 bridgehead atoms. The average Bonchev–Trinajstić information content (AvgIpc) is 3.23. The SMILES string of the molecule is COc1ccc(C)cc1NC(=O)C(C)Sc1nnc(N2CCOCC2)n1-c1ccccc1C. The fraction of sp³-hybridized carbons (Fsp3) is 0.375. The molecule has 174 valence electrons. The molecule has 33 heavy (non-hydrogen) atoms. The molecule has 1 unspecified atom stereocenters. The summed E-state index contributed by atoms with van der Waals surface area (Å²) in [7, 11) is 1.59. The number of methoxy groups -OCH3 is 1. The summed E-state index contributed by atoms with van der Waals surface area (Å²) < 4.78 is 12.9. The Morgan fingerprint density at radius 1 is 1.15 bits per heavy atom. The number of thioether (sulfide) groups is 1. The number of hydrogen-bond acceptors (Lipinski definition) is 7. The van der Waals surface area contributed by atoms with Crippen LogP contribution < -0.4 is 15.0 Å². The molecule has 1 saturated heterocycles. The van der Waals surface area contributed by atoms with Gasteiger partial charge >= 0.3 is 0 Å². The number of ether oxygens (including phenoxy) is 2. The molecule has 9 heteroatoms. The third kappa shape index (κ3) is 5.15. The Morgan fingerprint density at radius 3 is 2.64 bits per heavy atom. The summed E-state index contributed by atoms with van der Waals surface area (Å²) in [5, 5.41) is 12.2. The van der Waals surface area contributed by atoms with Gasteiger partial charge in [0.1, 0.15) is 5.75 Å². The molecule has 2 aromatic carbocycles. The largest absolute Gasteiger partial charge is 0.495 e. The van der Waals surface area contributed by atoms with Crippen LogP contribution in [0, 0.1) is 13.8 Å². The number of para-hydroxylation sites is 1. The van der Waals surface area contributed by atoms with Gasteiger partial charge in [0.2, 0.25) is 11.9 Å². The van der Waals surface area contributed by atoms with Crippen molar-refractivity contribution in [1.82, 2.24) is 14.8 Å². The lowest BCUT2D eigenvalue weighted by atomic mass is 10.2. The average molecular weight is 468 g/mol. The normalized spacial score (nSPS) is 14.7. The van der Waals surface area contributed by atoms with Gasteiger partial charge in [-0.15, -0.1) is 10.2 Å². The number of benzene rings is 2. The molecule has 3 aromatic rings. The zero-order chi connectivity index (χ0) is 23.4. The van der Waals surface area contributed by atoms with E-state index in [1.165, 1.54) is 11.8 Å². The van der Waals surface area contributed by atoms with Crippen LogP contribution in [0.4, 0.5) is 11.6 Å². The molecular weight excluding hydrogens is 438 g/mol. The zero-order valence-electron chi connectivity index (χ0n) is 19.4. The predicted octanol–water partition coefficient (Wildman–Crippen LogP) is 3.85. The molecule has 1 fully saturated rings. The fourth-order valence-corrected chi connectivity index (χ4v) is 4.55. The van der Waals surface area contributed by atoms with Crippen molar-refractivity contribution in [2.45, 2.75) is 31.2 Å². The lowest BCUT2D eigenvalue weighted by Gasteiger charge is -2.28. The Balaban J connectivity index is 1.61. The van der Waals surface area contributed by atoms with E-state index in [1.54, 1.807) is 7.11 Å². The molecule has 8 nitrogen and oxygen atoms in total. The molecule has 1 atom stereocenters. The Bertz CT molecular complexity index is 1130. The summed E-state index contributed by atoms with van der Waals surface area (Å²) in [5.41, 5.74) is 3.81. The van der Waals surface area contributed by atoms with Crippen molar-refractivity contribution < 1.29 is 14.3 Å². The molecule has 4 rings (SSSR count). The topological polar surface area (TPSA) is 81.5 Å². The minimum Gasteiger partial charge on any atom is -0.495 e. The fourth-order valence-electron chi connectivity index (χ4n) is 3.70. The van der Waals surface area contributed by atoms with Gasteiger partial charge in [-0.1, -0.05) is 36.0 Å². The smallest absolute Gasteiger partial charge is 0.237 e. The van der Waals surface area contributed by atoms with Crippen LogP contribution in [0.25, 0.3) is 5.69 Å². The number of aryl methyl sites for hydroxylation is 2. The molecule has 0 aliphatic carbocycles. The highest BCUT2D eigenvalue weighted by Crippen LogP contribution is 2.32. The second-order valence-electron chi connectivity index (χ2n) is 7.96. The number of carbonyl (C=O) groups excluding carboxylic acids is 1. The van der Waals surface area contributed by atoms with Crippen molar-refractivity contribution in [2.24, 2.45) is 0 Å². The molecule has 1 amide bonds. The quantitative estimate of drug-likeness (QED) is 0.529. The second kappa shape index (κ2) is 10.3. The van der Waals surface area contributed by atoms with Crippen molar-refractivity contribution in [2.75, 3.05) is 43.6 Å². The summed E-state index contributed by atoms with van der Waals surface area (Å²) in [4.78, 5) is 15.2. The number of nitrogens with zero attached hydrogens (tertiary/aromatic N) is 4. The van der Waals surface area contributed by atoms with E-state index in [0.717, 1.165) is 35.9 Å². The van der Waals surface area contributed by atoms with Gasteiger partial charge in [0, 0.05) is 13.1 Å². The van der Waals surface area contributed by atoms with E-state index in [9.17, 15) is 4.79 Å². The van der Waals surface area contributed by atoms with E-state index < -0.39 is 5.25 Å². The highest BCUT2D eigenvalue weighted by atomic mass is 32.2. The maximum atomic E-state index is 13.0. The number of carbonyl (C=O) groups is 1. The minimum absolute atomic E-state index is 0.129. The van der Waals surface area contributed by atoms with Gasteiger partial charge in [0.15, 0.2) is 5.16 Å². The molecular formula is C24H29N5O3S. The number of anilines is 2. The first kappa shape index (κ1) is 23.1. The molecule has 1 aliphatic rings. The number of rotatable bonds is 7. The third-order valence-corrected chi connectivity index (χ3v) is 6.57. The van der Waals surface area contributed by atoms with Gasteiger partial charge in [-0.2, -0.15) is 0 Å². The van der Waals surface area contributed by atoms with Gasteiger partial charge in [0.25, 0.3) is 0 Å². The number of aromatic nitrogens is 3. The van der Waals surface area contributed by atoms with E-state index in [0.29, 0.717) is 29.8 Å². The van der Waals surface area contributed by atoms with E-state index in [-0.39, 0.29) is 5.91 Å². The summed E-state index contributed by atoms with van der Waals surface area (Å²) >= 11 is 1.38. The van der Waals surface area contributed by atoms with Crippen molar-refractivity contribution in [3.05, 3.63) is 53.6 Å². The maximum absolute atomic E-state index is 13.0. The summed E-state index contributed by atoms with van der Waals surface area (Å²) in [6.07, 6.45) is 0. The van der Waals surface area contributed by atoms with Gasteiger partial charge in [-0.05, 0) is 50.1 Å². The van der Waals surface area contributed by atoms with Crippen LogP contribution in [0.3, 0.4) is 0 Å². The first-order chi connectivity index (χ1) is 16.0. The van der Waals surface area contributed by atoms with E-state index in [2.05, 4.69) is 39.5 Å². The Hall–Kier alpha value is -3.04. The third-order valence-electron chi connectivity index (χ3n) is 5.53. The highest BCUT2D eigenvalue weighted by Gasteiger charge is 2.26. The Kier molecular flexibility index (Phi) is 7.20. The van der Waals surface area contributed by atoms with Crippen LogP contribution in [-0.4, -0.2) is 59.3 Å². The standard InChI is InChI=1S/C24H29N5O3S/c1-16-9-10-21(31-4)19(15-16)25-22(30)18(3)33-24-27-26-23(28-11-13-32-14-12-28)29(24)20-8-6-5-7-17(20)2/h5-10,15,18H,11-14H2,1-4H3,(H,25,30). The van der Waals surface area contributed by atoms with Crippen molar-refractivity contribution >= 4 is 29.3 Å². The van der Waals surface area contributed by atoms with Crippen LogP contribution in [0.2, 0.25) is 0 Å². The zero-order valence-corrected chi connectivity index (χ0v) is 20.2. The Labute approximate surface area is 198 Å². The highest BCUT2D eigenvalue weighted by molar-refractivity contribution is 8.00. The monoisotopic (exact) mass is 467 g/mol. The van der Waals surface area contributed by atoms with Gasteiger partial charge in [-0.25, -0.2) is 0 Å². The van der Waals surface area contributed by atoms with E-state index in [4.69, 9.17) is 9.47 Å². The lowest BCUT2D eigenvalue weighted by molar-refractivity contribution is -0.115. The lowest BCUT2D eigenvalue weighted by Crippen LogP contribution is -2.38. The summed E-state index contributed by atoms with van der Waals surface area (Å²) in [5.74, 6) is 1.27. The van der Waals surface area contributed by atoms with Crippen molar-refractivity contribution in [3.8, 4) is 11.4 Å². The maximum Gasteiger partial charge on any atom is 0.237 e. The van der Waals surface area contributed by atoms with E-state index >= 15 is 0 Å². The predicted molar refractivity (Wildman–Crippen MR) is 131 cm³/mol. The van der Waals surface area contributed by atoms with Crippen LogP contribution >= 0.6 is 11.8 Å². The first-order valence-electron chi connectivity index (χ1n) is 10.9. The van der Waals surface area contributed by atoms with Gasteiger partial charge in [-0.3, -0.25) is 9.36 Å². The molecule has 0 radical (unpaired) electrons. The van der Waals surface area contributed by atoms with Crippen molar-refractivity contribution in [3.63, 3.8) is 0 Å². The van der Waals surface area contributed by atoms with Crippen molar-refractivity contribution in [1.29, 1.82) is 0 Å². The van der Waals surface area contributed by atoms with Crippen LogP contribution in [0.15, 0.2) is 47.6 Å². The number of morpholine rings is 1. The molecule has 1 aromatic heterocycles. The number of nitrogens with one attached hydrogen (secondary N) is 1. The van der Waals surface area contributed by atoms with Crippen LogP contribution in [0.1, 0.15) is 18.1 Å².